The van der Waals surface area contributed by atoms with Gasteiger partial charge in [0.25, 0.3) is 0 Å². The van der Waals surface area contributed by atoms with Gasteiger partial charge in [0.05, 0.1) is 0 Å². The number of benzene rings is 2. The molecule has 2 saturated carbocycles. The van der Waals surface area contributed by atoms with Crippen molar-refractivity contribution in [3.8, 4) is 0 Å². The van der Waals surface area contributed by atoms with E-state index >= 15 is 0 Å². The third-order valence-electron chi connectivity index (χ3n) is 9.14. The second kappa shape index (κ2) is 13.3. The predicted molar refractivity (Wildman–Crippen MR) is 148 cm³/mol. The zero-order chi connectivity index (χ0) is 23.6. The number of hydrogen-bond acceptors (Lipinski definition) is 0. The van der Waals surface area contributed by atoms with E-state index in [2.05, 4.69) is 80.6 Å². The molecular formula is C34H48. The Balaban J connectivity index is 1.11. The van der Waals surface area contributed by atoms with E-state index in [1.807, 2.05) is 0 Å². The van der Waals surface area contributed by atoms with Crippen molar-refractivity contribution in [1.82, 2.24) is 0 Å². The molecule has 1 atom stereocenters. The smallest absolute Gasteiger partial charge is 0.0162 e. The standard InChI is InChI=1S/C34H48/c1-3-4-6-9-28-18-22-33(23-19-28)34-24-20-30(21-25-34)13-12-29-14-16-31(17-15-29)26-27(2)32-10-7-5-8-11-32/h3-5,7-8,10-11,18-19,22-23,27,29-31,34H,6,9,12-17,20-21,24-26H2,1-2H3/b4-3+/t27-,29?,30?,31?,34?/m0/s1. The fourth-order valence-corrected chi connectivity index (χ4v) is 6.80. The molecule has 2 aromatic rings. The maximum atomic E-state index is 2.43. The quantitative estimate of drug-likeness (QED) is 0.312. The van der Waals surface area contributed by atoms with Crippen LogP contribution in [-0.4, -0.2) is 0 Å². The van der Waals surface area contributed by atoms with Gasteiger partial charge in [-0.05, 0) is 98.1 Å². The molecule has 2 aliphatic carbocycles. The fourth-order valence-electron chi connectivity index (χ4n) is 6.80. The van der Waals surface area contributed by atoms with Crippen LogP contribution in [0.15, 0.2) is 66.7 Å². The normalized spacial score (nSPS) is 26.5. The van der Waals surface area contributed by atoms with Gasteiger partial charge in [-0.2, -0.15) is 0 Å². The summed E-state index contributed by atoms with van der Waals surface area (Å²) in [6.45, 7) is 4.54. The topological polar surface area (TPSA) is 0 Å². The molecule has 0 aliphatic heterocycles. The second-order valence-corrected chi connectivity index (χ2v) is 11.6. The van der Waals surface area contributed by atoms with Crippen molar-refractivity contribution in [2.45, 2.75) is 109 Å². The van der Waals surface area contributed by atoms with Crippen LogP contribution >= 0.6 is 0 Å². The first-order chi connectivity index (χ1) is 16.7. The zero-order valence-electron chi connectivity index (χ0n) is 21.9. The Bertz CT molecular complexity index is 829. The van der Waals surface area contributed by atoms with Crippen LogP contribution in [0.5, 0.6) is 0 Å². The Kier molecular flexibility index (Phi) is 9.90. The van der Waals surface area contributed by atoms with E-state index in [9.17, 15) is 0 Å². The molecule has 34 heavy (non-hydrogen) atoms. The minimum absolute atomic E-state index is 0.715. The third-order valence-corrected chi connectivity index (χ3v) is 9.14. The molecule has 0 radical (unpaired) electrons. The minimum atomic E-state index is 0.715. The summed E-state index contributed by atoms with van der Waals surface area (Å²) in [7, 11) is 0. The maximum absolute atomic E-state index is 2.43. The highest BCUT2D eigenvalue weighted by Crippen LogP contribution is 2.41. The highest BCUT2D eigenvalue weighted by atomic mass is 14.3. The van der Waals surface area contributed by atoms with Gasteiger partial charge in [0.15, 0.2) is 0 Å². The van der Waals surface area contributed by atoms with Gasteiger partial charge < -0.3 is 0 Å². The summed E-state index contributed by atoms with van der Waals surface area (Å²) in [6.07, 6.45) is 22.8. The van der Waals surface area contributed by atoms with Crippen LogP contribution in [0.3, 0.4) is 0 Å². The summed E-state index contributed by atoms with van der Waals surface area (Å²) in [4.78, 5) is 0. The van der Waals surface area contributed by atoms with Gasteiger partial charge in [-0.25, -0.2) is 0 Å². The SMILES string of the molecule is C/C=C/CCc1ccc(C2CCC(CCC3CCC(C[C@H](C)c4ccccc4)CC3)CC2)cc1. The van der Waals surface area contributed by atoms with Crippen LogP contribution in [0.25, 0.3) is 0 Å². The molecule has 0 spiro atoms. The van der Waals surface area contributed by atoms with Crippen molar-refractivity contribution in [2.75, 3.05) is 0 Å². The van der Waals surface area contributed by atoms with E-state index in [1.54, 1.807) is 5.56 Å². The average molecular weight is 457 g/mol. The molecule has 2 fully saturated rings. The Morgan fingerprint density at radius 3 is 1.94 bits per heavy atom. The van der Waals surface area contributed by atoms with E-state index in [-0.39, 0.29) is 0 Å². The molecule has 0 N–H and O–H groups in total. The van der Waals surface area contributed by atoms with Crippen molar-refractivity contribution in [3.05, 3.63) is 83.4 Å². The molecule has 0 aromatic heterocycles. The number of allylic oxidation sites excluding steroid dienone is 2. The number of hydrogen-bond donors (Lipinski definition) is 0. The third kappa shape index (κ3) is 7.59. The summed E-state index contributed by atoms with van der Waals surface area (Å²) >= 11 is 0. The van der Waals surface area contributed by atoms with Crippen molar-refractivity contribution in [2.24, 2.45) is 17.8 Å². The number of rotatable bonds is 10. The van der Waals surface area contributed by atoms with E-state index in [1.165, 1.54) is 88.2 Å². The first-order valence-electron chi connectivity index (χ1n) is 14.5. The molecule has 0 nitrogen and oxygen atoms in total. The van der Waals surface area contributed by atoms with Gasteiger partial charge in [-0.1, -0.05) is 112 Å². The molecule has 184 valence electrons. The predicted octanol–water partition coefficient (Wildman–Crippen LogP) is 10.2. The molecular weight excluding hydrogens is 408 g/mol. The maximum Gasteiger partial charge on any atom is -0.0162 e. The molecule has 2 aliphatic rings. The van der Waals surface area contributed by atoms with Crippen LogP contribution < -0.4 is 0 Å². The Hall–Kier alpha value is -1.82. The molecule has 0 unspecified atom stereocenters. The van der Waals surface area contributed by atoms with Gasteiger partial charge in [0, 0.05) is 0 Å². The number of aryl methyl sites for hydroxylation is 1. The summed E-state index contributed by atoms with van der Waals surface area (Å²) < 4.78 is 0. The molecule has 0 bridgehead atoms. The van der Waals surface area contributed by atoms with Gasteiger partial charge in [0.2, 0.25) is 0 Å². The fraction of sp³-hybridized carbons (Fsp3) is 0.588. The van der Waals surface area contributed by atoms with Crippen molar-refractivity contribution in [1.29, 1.82) is 0 Å². The second-order valence-electron chi connectivity index (χ2n) is 11.6. The molecule has 0 heterocycles. The largest absolute Gasteiger partial charge is 0.0917 e. The molecule has 0 amide bonds. The molecule has 0 heteroatoms. The van der Waals surface area contributed by atoms with E-state index in [0.717, 1.165) is 30.1 Å². The lowest BCUT2D eigenvalue weighted by Crippen LogP contribution is -2.18. The highest BCUT2D eigenvalue weighted by Gasteiger charge is 2.26. The Morgan fingerprint density at radius 1 is 0.735 bits per heavy atom. The summed E-state index contributed by atoms with van der Waals surface area (Å²) in [5.74, 6) is 4.48. The Labute approximate surface area is 210 Å². The summed E-state index contributed by atoms with van der Waals surface area (Å²) in [5.41, 5.74) is 4.61. The molecule has 2 aromatic carbocycles. The summed E-state index contributed by atoms with van der Waals surface area (Å²) in [5, 5.41) is 0. The zero-order valence-corrected chi connectivity index (χ0v) is 21.9. The highest BCUT2D eigenvalue weighted by molar-refractivity contribution is 5.26. The lowest BCUT2D eigenvalue weighted by atomic mass is 9.73. The van der Waals surface area contributed by atoms with Crippen molar-refractivity contribution in [3.63, 3.8) is 0 Å². The molecule has 0 saturated heterocycles. The van der Waals surface area contributed by atoms with Crippen LogP contribution in [-0.2, 0) is 6.42 Å². The van der Waals surface area contributed by atoms with Crippen LogP contribution in [0, 0.1) is 17.8 Å². The van der Waals surface area contributed by atoms with E-state index in [0.29, 0.717) is 5.92 Å². The van der Waals surface area contributed by atoms with Crippen molar-refractivity contribution < 1.29 is 0 Å². The lowest BCUT2D eigenvalue weighted by Gasteiger charge is -2.33. The minimum Gasteiger partial charge on any atom is -0.0917 e. The van der Waals surface area contributed by atoms with Crippen LogP contribution in [0.1, 0.15) is 119 Å². The van der Waals surface area contributed by atoms with E-state index < -0.39 is 0 Å². The monoisotopic (exact) mass is 456 g/mol. The van der Waals surface area contributed by atoms with Gasteiger partial charge in [0.1, 0.15) is 0 Å². The van der Waals surface area contributed by atoms with Crippen LogP contribution in [0.2, 0.25) is 0 Å². The summed E-state index contributed by atoms with van der Waals surface area (Å²) in [6, 6.07) is 20.8. The lowest BCUT2D eigenvalue weighted by molar-refractivity contribution is 0.220. The van der Waals surface area contributed by atoms with Gasteiger partial charge >= 0.3 is 0 Å². The van der Waals surface area contributed by atoms with Gasteiger partial charge in [-0.3, -0.25) is 0 Å². The van der Waals surface area contributed by atoms with E-state index in [4.69, 9.17) is 0 Å². The van der Waals surface area contributed by atoms with Gasteiger partial charge in [-0.15, -0.1) is 0 Å². The first-order valence-corrected chi connectivity index (χ1v) is 14.5. The first kappa shape index (κ1) is 25.3. The van der Waals surface area contributed by atoms with Crippen molar-refractivity contribution >= 4 is 0 Å². The molecule has 4 rings (SSSR count). The average Bonchev–Trinajstić information content (AvgIpc) is 2.90. The Morgan fingerprint density at radius 2 is 1.32 bits per heavy atom. The van der Waals surface area contributed by atoms with Crippen LogP contribution in [0.4, 0.5) is 0 Å².